The predicted octanol–water partition coefficient (Wildman–Crippen LogP) is 4.02. The Balaban J connectivity index is 0.000000201. The molecule has 1 saturated heterocycles. The molecule has 1 aliphatic heterocycles. The summed E-state index contributed by atoms with van der Waals surface area (Å²) in [5.74, 6) is -0.0383. The molecular formula is C28H29N5O2. The van der Waals surface area contributed by atoms with Crippen molar-refractivity contribution in [1.29, 1.82) is 5.26 Å². The molecule has 4 aromatic rings. The van der Waals surface area contributed by atoms with Gasteiger partial charge in [0.25, 0.3) is 0 Å². The minimum Gasteiger partial charge on any atom is -0.478 e. The Morgan fingerprint density at radius 2 is 1.74 bits per heavy atom. The molecule has 0 unspecified atom stereocenters. The van der Waals surface area contributed by atoms with Crippen LogP contribution in [-0.4, -0.2) is 46.8 Å². The van der Waals surface area contributed by atoms with Gasteiger partial charge in [-0.1, -0.05) is 30.3 Å². The summed E-state index contributed by atoms with van der Waals surface area (Å²) in [4.78, 5) is 18.0. The zero-order valence-corrected chi connectivity index (χ0v) is 19.8. The van der Waals surface area contributed by atoms with Gasteiger partial charge in [-0.25, -0.2) is 9.78 Å². The van der Waals surface area contributed by atoms with Gasteiger partial charge >= 0.3 is 5.97 Å². The molecule has 5 rings (SSSR count). The van der Waals surface area contributed by atoms with E-state index in [1.54, 1.807) is 18.2 Å². The van der Waals surface area contributed by atoms with Gasteiger partial charge in [-0.2, -0.15) is 5.26 Å². The lowest BCUT2D eigenvalue weighted by molar-refractivity contribution is 0.0697. The van der Waals surface area contributed by atoms with Crippen molar-refractivity contribution >= 4 is 22.7 Å². The number of fused-ring (bicyclic) bond motifs is 1. The number of hydrogen-bond acceptors (Lipinski definition) is 5. The smallest absolute Gasteiger partial charge is 0.335 e. The average Bonchev–Trinajstić information content (AvgIpc) is 3.23. The highest BCUT2D eigenvalue weighted by Crippen LogP contribution is 2.18. The molecule has 2 heterocycles. The number of rotatable bonds is 5. The Labute approximate surface area is 205 Å². The summed E-state index contributed by atoms with van der Waals surface area (Å²) in [6.45, 7) is 4.47. The molecule has 3 aromatic carbocycles. The number of imidazole rings is 1. The van der Waals surface area contributed by atoms with Crippen molar-refractivity contribution in [3.63, 3.8) is 0 Å². The first-order valence-corrected chi connectivity index (χ1v) is 11.7. The van der Waals surface area contributed by atoms with E-state index < -0.39 is 5.97 Å². The summed E-state index contributed by atoms with van der Waals surface area (Å²) in [6, 6.07) is 25.2. The number of para-hydroxylation sites is 1. The van der Waals surface area contributed by atoms with Crippen LogP contribution in [0.15, 0.2) is 72.8 Å². The fraction of sp³-hybridized carbons (Fsp3) is 0.250. The van der Waals surface area contributed by atoms with Gasteiger partial charge in [0, 0.05) is 45.3 Å². The molecule has 178 valence electrons. The minimum atomic E-state index is -0.948. The number of nitriles is 1. The monoisotopic (exact) mass is 467 g/mol. The van der Waals surface area contributed by atoms with E-state index in [1.807, 2.05) is 35.9 Å². The molecule has 7 nitrogen and oxygen atoms in total. The Bertz CT molecular complexity index is 1320. The molecule has 35 heavy (non-hydrogen) atoms. The summed E-state index contributed by atoms with van der Waals surface area (Å²) >= 11 is 0. The van der Waals surface area contributed by atoms with Crippen LogP contribution in [0.25, 0.3) is 11.0 Å². The number of aromatic nitrogens is 2. The standard InChI is InChI=1S/C18H15N3O2.C10H14N2/c1-21-16-8-7-14(18(22)23)10-15(16)20-17(21)9-6-12-2-4-13(11-19)5-3-12;1-2-4-10(5-3-1)12-8-6-11-7-9-12/h2-5,7-8,10H,6,9H2,1H3,(H,22,23);1-5,11H,6-9H2. The molecule has 2 N–H and O–H groups in total. The molecular weight excluding hydrogens is 438 g/mol. The van der Waals surface area contributed by atoms with E-state index in [0.29, 0.717) is 11.1 Å². The number of carboxylic acids is 1. The topological polar surface area (TPSA) is 94.2 Å². The van der Waals surface area contributed by atoms with Gasteiger partial charge in [0.1, 0.15) is 5.82 Å². The van der Waals surface area contributed by atoms with E-state index in [4.69, 9.17) is 10.4 Å². The van der Waals surface area contributed by atoms with Crippen molar-refractivity contribution in [2.24, 2.45) is 7.05 Å². The number of nitrogens with one attached hydrogen (secondary N) is 1. The lowest BCUT2D eigenvalue weighted by Gasteiger charge is -2.29. The molecule has 0 saturated carbocycles. The number of carboxylic acid groups (broad SMARTS) is 1. The van der Waals surface area contributed by atoms with Crippen LogP contribution in [0.5, 0.6) is 0 Å². The number of piperazine rings is 1. The second-order valence-electron chi connectivity index (χ2n) is 8.48. The number of aryl methyl sites for hydroxylation is 3. The Morgan fingerprint density at radius 3 is 2.40 bits per heavy atom. The van der Waals surface area contributed by atoms with E-state index in [1.165, 1.54) is 5.69 Å². The Morgan fingerprint density at radius 1 is 1.03 bits per heavy atom. The molecule has 1 fully saturated rings. The SMILES string of the molecule is Cn1c(CCc2ccc(C#N)cc2)nc2cc(C(=O)O)ccc21.c1ccc(N2CCNCC2)cc1. The van der Waals surface area contributed by atoms with Crippen molar-refractivity contribution in [3.05, 3.63) is 95.3 Å². The molecule has 0 bridgehead atoms. The lowest BCUT2D eigenvalue weighted by atomic mass is 10.1. The van der Waals surface area contributed by atoms with E-state index >= 15 is 0 Å². The van der Waals surface area contributed by atoms with Crippen LogP contribution in [0.4, 0.5) is 5.69 Å². The van der Waals surface area contributed by atoms with Gasteiger partial charge in [0.15, 0.2) is 0 Å². The third-order valence-electron chi connectivity index (χ3n) is 6.18. The van der Waals surface area contributed by atoms with Gasteiger partial charge in [-0.3, -0.25) is 0 Å². The number of nitrogens with zero attached hydrogens (tertiary/aromatic N) is 4. The summed E-state index contributed by atoms with van der Waals surface area (Å²) in [5.41, 5.74) is 5.00. The van der Waals surface area contributed by atoms with Gasteiger partial charge in [-0.15, -0.1) is 0 Å². The van der Waals surface area contributed by atoms with E-state index in [-0.39, 0.29) is 5.56 Å². The largest absolute Gasteiger partial charge is 0.478 e. The Hall–Kier alpha value is -4.15. The first-order valence-electron chi connectivity index (χ1n) is 11.7. The van der Waals surface area contributed by atoms with Crippen LogP contribution in [0.2, 0.25) is 0 Å². The number of aromatic carboxylic acids is 1. The number of hydrogen-bond donors (Lipinski definition) is 2. The van der Waals surface area contributed by atoms with Crippen molar-refractivity contribution < 1.29 is 9.90 Å². The molecule has 0 spiro atoms. The summed E-state index contributed by atoms with van der Waals surface area (Å²) in [7, 11) is 1.93. The lowest BCUT2D eigenvalue weighted by Crippen LogP contribution is -2.43. The zero-order chi connectivity index (χ0) is 24.6. The number of carbonyl (C=O) groups is 1. The zero-order valence-electron chi connectivity index (χ0n) is 19.8. The molecule has 0 amide bonds. The van der Waals surface area contributed by atoms with Crippen LogP contribution in [-0.2, 0) is 19.9 Å². The highest BCUT2D eigenvalue weighted by atomic mass is 16.4. The molecule has 1 aliphatic rings. The molecule has 0 aliphatic carbocycles. The third-order valence-corrected chi connectivity index (χ3v) is 6.18. The van der Waals surface area contributed by atoms with Gasteiger partial charge in [-0.05, 0) is 54.4 Å². The first-order chi connectivity index (χ1) is 17.0. The van der Waals surface area contributed by atoms with E-state index in [9.17, 15) is 4.79 Å². The molecule has 7 heteroatoms. The maximum absolute atomic E-state index is 11.0. The van der Waals surface area contributed by atoms with Gasteiger partial charge in [0.05, 0.1) is 28.2 Å². The van der Waals surface area contributed by atoms with Crippen molar-refractivity contribution in [2.75, 3.05) is 31.1 Å². The maximum atomic E-state index is 11.0. The van der Waals surface area contributed by atoms with Gasteiger partial charge < -0.3 is 19.9 Å². The fourth-order valence-electron chi connectivity index (χ4n) is 4.17. The van der Waals surface area contributed by atoms with Crippen LogP contribution < -0.4 is 10.2 Å². The van der Waals surface area contributed by atoms with Crippen LogP contribution in [0.3, 0.4) is 0 Å². The van der Waals surface area contributed by atoms with Crippen LogP contribution >= 0.6 is 0 Å². The quantitative estimate of drug-likeness (QED) is 0.460. The number of benzene rings is 3. The fourth-order valence-corrected chi connectivity index (χ4v) is 4.17. The normalized spacial score (nSPS) is 13.1. The van der Waals surface area contributed by atoms with Gasteiger partial charge in [0.2, 0.25) is 0 Å². The average molecular weight is 468 g/mol. The van der Waals surface area contributed by atoms with E-state index in [2.05, 4.69) is 51.6 Å². The summed E-state index contributed by atoms with van der Waals surface area (Å²) in [6.07, 6.45) is 1.56. The second-order valence-corrected chi connectivity index (χ2v) is 8.48. The molecule has 0 atom stereocenters. The minimum absolute atomic E-state index is 0.245. The third kappa shape index (κ3) is 6.05. The van der Waals surface area contributed by atoms with Crippen molar-refractivity contribution in [3.8, 4) is 6.07 Å². The van der Waals surface area contributed by atoms with E-state index in [0.717, 1.165) is 55.9 Å². The molecule has 0 radical (unpaired) electrons. The summed E-state index contributed by atoms with van der Waals surface area (Å²) < 4.78 is 1.99. The molecule has 1 aromatic heterocycles. The van der Waals surface area contributed by atoms with Crippen LogP contribution in [0, 0.1) is 11.3 Å². The van der Waals surface area contributed by atoms with Crippen LogP contribution in [0.1, 0.15) is 27.3 Å². The predicted molar refractivity (Wildman–Crippen MR) is 138 cm³/mol. The van der Waals surface area contributed by atoms with Crippen molar-refractivity contribution in [1.82, 2.24) is 14.9 Å². The number of anilines is 1. The van der Waals surface area contributed by atoms with Crippen molar-refractivity contribution in [2.45, 2.75) is 12.8 Å². The Kier molecular flexibility index (Phi) is 7.76. The summed E-state index contributed by atoms with van der Waals surface area (Å²) in [5, 5.41) is 21.2. The second kappa shape index (κ2) is 11.3. The maximum Gasteiger partial charge on any atom is 0.335 e. The highest BCUT2D eigenvalue weighted by molar-refractivity contribution is 5.92. The first kappa shape index (κ1) is 24.0. The highest BCUT2D eigenvalue weighted by Gasteiger charge is 2.11.